The van der Waals surface area contributed by atoms with E-state index in [4.69, 9.17) is 4.74 Å². The van der Waals surface area contributed by atoms with Gasteiger partial charge in [-0.3, -0.25) is 4.90 Å². The highest BCUT2D eigenvalue weighted by molar-refractivity contribution is 5.79. The number of hydrogen-bond donors (Lipinski definition) is 2. The van der Waals surface area contributed by atoms with Gasteiger partial charge in [0, 0.05) is 25.7 Å². The third-order valence-electron chi connectivity index (χ3n) is 4.08. The van der Waals surface area contributed by atoms with Gasteiger partial charge in [-0.15, -0.1) is 0 Å². The van der Waals surface area contributed by atoms with E-state index in [1.54, 1.807) is 7.11 Å². The van der Waals surface area contributed by atoms with E-state index in [2.05, 4.69) is 46.5 Å². The third kappa shape index (κ3) is 6.10. The number of nitrogens with zero attached hydrogens (tertiary/aromatic N) is 2. The fourth-order valence-electron chi connectivity index (χ4n) is 2.60. The van der Waals surface area contributed by atoms with Crippen LogP contribution in [0.3, 0.4) is 0 Å². The summed E-state index contributed by atoms with van der Waals surface area (Å²) in [5.41, 5.74) is 1.18. The summed E-state index contributed by atoms with van der Waals surface area (Å²) in [5, 5.41) is 6.74. The lowest BCUT2D eigenvalue weighted by atomic mass is 10.2. The molecule has 0 bridgehead atoms. The number of guanidine groups is 1. The van der Waals surface area contributed by atoms with Gasteiger partial charge in [0.15, 0.2) is 5.96 Å². The Morgan fingerprint density at radius 3 is 2.52 bits per heavy atom. The normalized spacial score (nSPS) is 14.9. The second-order valence-electron chi connectivity index (χ2n) is 5.83. The van der Waals surface area contributed by atoms with Crippen LogP contribution in [0.5, 0.6) is 5.75 Å². The fourth-order valence-corrected chi connectivity index (χ4v) is 2.60. The summed E-state index contributed by atoms with van der Waals surface area (Å²) in [6.45, 7) is 9.00. The predicted octanol–water partition coefficient (Wildman–Crippen LogP) is 2.23. The summed E-state index contributed by atoms with van der Waals surface area (Å²) < 4.78 is 5.18. The molecule has 1 aliphatic rings. The number of rotatable bonds is 9. The molecule has 1 fully saturated rings. The highest BCUT2D eigenvalue weighted by Crippen LogP contribution is 2.25. The van der Waals surface area contributed by atoms with Crippen molar-refractivity contribution in [3.8, 4) is 5.75 Å². The Balaban J connectivity index is 1.80. The van der Waals surface area contributed by atoms with Crippen LogP contribution >= 0.6 is 0 Å². The molecule has 0 saturated heterocycles. The largest absolute Gasteiger partial charge is 0.497 e. The lowest BCUT2D eigenvalue weighted by Gasteiger charge is -2.20. The molecule has 0 heterocycles. The van der Waals surface area contributed by atoms with Gasteiger partial charge in [0.1, 0.15) is 5.75 Å². The molecule has 0 atom stereocenters. The molecule has 0 spiro atoms. The highest BCUT2D eigenvalue weighted by Gasteiger charge is 2.27. The van der Waals surface area contributed by atoms with Crippen molar-refractivity contribution < 1.29 is 4.74 Å². The Hall–Kier alpha value is -1.75. The number of hydrogen-bond acceptors (Lipinski definition) is 3. The molecule has 1 aliphatic carbocycles. The molecule has 2 N–H and O–H groups in total. The molecule has 5 heteroatoms. The molecule has 0 amide bonds. The lowest BCUT2D eigenvalue weighted by Crippen LogP contribution is -2.42. The van der Waals surface area contributed by atoms with Crippen LogP contribution in [0, 0.1) is 0 Å². The van der Waals surface area contributed by atoms with Crippen molar-refractivity contribution in [1.82, 2.24) is 15.5 Å². The van der Waals surface area contributed by atoms with Gasteiger partial charge in [0.2, 0.25) is 0 Å². The van der Waals surface area contributed by atoms with E-state index in [9.17, 15) is 0 Å². The number of likely N-dealkylation sites (N-methyl/N-ethyl adjacent to an activating group) is 1. The first-order chi connectivity index (χ1) is 11.3. The summed E-state index contributed by atoms with van der Waals surface area (Å²) in [6.07, 6.45) is 2.72. The monoisotopic (exact) mass is 318 g/mol. The molecule has 1 aromatic rings. The van der Waals surface area contributed by atoms with Crippen LogP contribution in [-0.4, -0.2) is 50.2 Å². The van der Waals surface area contributed by atoms with Crippen molar-refractivity contribution >= 4 is 5.96 Å². The molecule has 0 aromatic heterocycles. The fraction of sp³-hybridized carbons (Fsp3) is 0.611. The van der Waals surface area contributed by atoms with Crippen molar-refractivity contribution in [2.75, 3.05) is 33.3 Å². The van der Waals surface area contributed by atoms with Gasteiger partial charge < -0.3 is 15.4 Å². The van der Waals surface area contributed by atoms with Crippen molar-refractivity contribution in [2.45, 2.75) is 39.3 Å². The maximum Gasteiger partial charge on any atom is 0.191 e. The van der Waals surface area contributed by atoms with Gasteiger partial charge in [-0.05, 0) is 44.0 Å². The zero-order valence-corrected chi connectivity index (χ0v) is 14.6. The van der Waals surface area contributed by atoms with Crippen LogP contribution in [0.4, 0.5) is 0 Å². The van der Waals surface area contributed by atoms with Crippen LogP contribution in [0.2, 0.25) is 0 Å². The minimum absolute atomic E-state index is 0.666. The average molecular weight is 318 g/mol. The van der Waals surface area contributed by atoms with Crippen molar-refractivity contribution in [3.63, 3.8) is 0 Å². The quantitative estimate of drug-likeness (QED) is 0.541. The number of aliphatic imine (C=N–C) groups is 1. The second kappa shape index (κ2) is 9.40. The summed E-state index contributed by atoms with van der Waals surface area (Å²) in [4.78, 5) is 7.20. The molecule has 5 nitrogen and oxygen atoms in total. The Morgan fingerprint density at radius 1 is 1.22 bits per heavy atom. The number of nitrogens with one attached hydrogen (secondary N) is 2. The molecular formula is C18H30N4O. The van der Waals surface area contributed by atoms with Crippen molar-refractivity contribution in [3.05, 3.63) is 29.8 Å². The Morgan fingerprint density at radius 2 is 1.96 bits per heavy atom. The van der Waals surface area contributed by atoms with Crippen molar-refractivity contribution in [1.29, 1.82) is 0 Å². The minimum Gasteiger partial charge on any atom is -0.497 e. The molecule has 0 unspecified atom stereocenters. The maximum atomic E-state index is 5.18. The van der Waals surface area contributed by atoms with Crippen LogP contribution in [-0.2, 0) is 6.54 Å². The molecule has 128 valence electrons. The molecule has 0 aliphatic heterocycles. The molecule has 1 aromatic carbocycles. The summed E-state index contributed by atoms with van der Waals surface area (Å²) in [5.74, 6) is 1.76. The van der Waals surface area contributed by atoms with Crippen LogP contribution in [0.15, 0.2) is 29.3 Å². The Bertz CT molecular complexity index is 482. The molecular weight excluding hydrogens is 288 g/mol. The summed E-state index contributed by atoms with van der Waals surface area (Å²) in [6, 6.07) is 8.87. The Kier molecular flexibility index (Phi) is 7.20. The van der Waals surface area contributed by atoms with E-state index < -0.39 is 0 Å². The molecule has 0 radical (unpaired) electrons. The van der Waals surface area contributed by atoms with E-state index >= 15 is 0 Å². The molecule has 23 heavy (non-hydrogen) atoms. The van der Waals surface area contributed by atoms with Gasteiger partial charge in [0.05, 0.1) is 13.7 Å². The van der Waals surface area contributed by atoms with Gasteiger partial charge in [-0.25, -0.2) is 4.99 Å². The third-order valence-corrected chi connectivity index (χ3v) is 4.08. The van der Waals surface area contributed by atoms with E-state index in [0.29, 0.717) is 6.54 Å². The average Bonchev–Trinajstić information content (AvgIpc) is 3.42. The van der Waals surface area contributed by atoms with E-state index in [1.807, 2.05) is 12.1 Å². The zero-order chi connectivity index (χ0) is 16.5. The predicted molar refractivity (Wildman–Crippen MR) is 96.1 cm³/mol. The Labute approximate surface area is 140 Å². The zero-order valence-electron chi connectivity index (χ0n) is 14.6. The van der Waals surface area contributed by atoms with Gasteiger partial charge >= 0.3 is 0 Å². The first kappa shape index (κ1) is 17.6. The summed E-state index contributed by atoms with van der Waals surface area (Å²) >= 11 is 0. The van der Waals surface area contributed by atoms with E-state index in [-0.39, 0.29) is 0 Å². The highest BCUT2D eigenvalue weighted by atomic mass is 16.5. The smallest absolute Gasteiger partial charge is 0.191 e. The van der Waals surface area contributed by atoms with Crippen molar-refractivity contribution in [2.24, 2.45) is 4.99 Å². The van der Waals surface area contributed by atoms with Gasteiger partial charge in [-0.1, -0.05) is 19.1 Å². The molecule has 1 saturated carbocycles. The van der Waals surface area contributed by atoms with E-state index in [0.717, 1.165) is 43.9 Å². The minimum atomic E-state index is 0.666. The maximum absolute atomic E-state index is 5.18. The van der Waals surface area contributed by atoms with Crippen LogP contribution < -0.4 is 15.4 Å². The van der Waals surface area contributed by atoms with Gasteiger partial charge in [0.25, 0.3) is 0 Å². The standard InChI is InChI=1S/C18H30N4O/c1-4-19-18(20-12-13-22(5-2)16-8-9-16)21-14-15-6-10-17(23-3)11-7-15/h6-7,10-11,16H,4-5,8-9,12-14H2,1-3H3,(H2,19,20,21). The first-order valence-electron chi connectivity index (χ1n) is 8.66. The van der Waals surface area contributed by atoms with Crippen LogP contribution in [0.25, 0.3) is 0 Å². The first-order valence-corrected chi connectivity index (χ1v) is 8.66. The number of methoxy groups -OCH3 is 1. The number of benzene rings is 1. The SMILES string of the molecule is CCNC(=NCc1ccc(OC)cc1)NCCN(CC)C1CC1. The van der Waals surface area contributed by atoms with Crippen LogP contribution in [0.1, 0.15) is 32.3 Å². The molecule has 2 rings (SSSR count). The number of ether oxygens (including phenoxy) is 1. The summed E-state index contributed by atoms with van der Waals surface area (Å²) in [7, 11) is 1.68. The topological polar surface area (TPSA) is 48.9 Å². The van der Waals surface area contributed by atoms with Gasteiger partial charge in [-0.2, -0.15) is 0 Å². The second-order valence-corrected chi connectivity index (χ2v) is 5.83. The van der Waals surface area contributed by atoms with E-state index in [1.165, 1.54) is 18.4 Å². The lowest BCUT2D eigenvalue weighted by molar-refractivity contribution is 0.282.